The number of carbonyl (C=O) groups is 1. The Kier molecular flexibility index (Phi) is 5.17. The lowest BCUT2D eigenvalue weighted by molar-refractivity contribution is -0.121. The van der Waals surface area contributed by atoms with E-state index in [4.69, 9.17) is 0 Å². The summed E-state index contributed by atoms with van der Waals surface area (Å²) < 4.78 is 2.32. The molecule has 25 heavy (non-hydrogen) atoms. The van der Waals surface area contributed by atoms with Crippen LogP contribution in [-0.2, 0) is 24.3 Å². The molecular formula is C18H22N4O3. The van der Waals surface area contributed by atoms with Crippen LogP contribution in [0.15, 0.2) is 21.2 Å². The number of nitrogens with one attached hydrogen (secondary N) is 1. The van der Waals surface area contributed by atoms with E-state index < -0.39 is 11.2 Å². The summed E-state index contributed by atoms with van der Waals surface area (Å²) in [7, 11) is 0. The zero-order valence-electron chi connectivity index (χ0n) is 14.2. The highest BCUT2D eigenvalue weighted by atomic mass is 16.2. The molecule has 1 amide bonds. The highest BCUT2D eigenvalue weighted by molar-refractivity contribution is 5.75. The molecule has 0 fully saturated rings. The highest BCUT2D eigenvalue weighted by Crippen LogP contribution is 2.19. The summed E-state index contributed by atoms with van der Waals surface area (Å²) in [6.07, 6.45) is 8.90. The fourth-order valence-electron chi connectivity index (χ4n) is 3.58. The number of nitrogens with zero attached hydrogens (tertiary/aromatic N) is 3. The first kappa shape index (κ1) is 17.2. The van der Waals surface area contributed by atoms with Gasteiger partial charge in [0.15, 0.2) is 0 Å². The number of carbonyl (C=O) groups excluding carboxylic acids is 1. The third-order valence-electron chi connectivity index (χ3n) is 4.90. The van der Waals surface area contributed by atoms with Gasteiger partial charge in [0, 0.05) is 18.8 Å². The molecule has 0 atom stereocenters. The van der Waals surface area contributed by atoms with Gasteiger partial charge in [0.2, 0.25) is 5.91 Å². The fraction of sp³-hybridized carbons (Fsp3) is 0.556. The molecule has 0 saturated heterocycles. The monoisotopic (exact) mass is 342 g/mol. The lowest BCUT2D eigenvalue weighted by atomic mass is 9.97. The third kappa shape index (κ3) is 3.58. The van der Waals surface area contributed by atoms with Crippen LogP contribution >= 0.6 is 0 Å². The molecule has 0 radical (unpaired) electrons. The van der Waals surface area contributed by atoms with Gasteiger partial charge in [-0.2, -0.15) is 5.26 Å². The molecule has 0 unspecified atom stereocenters. The summed E-state index contributed by atoms with van der Waals surface area (Å²) in [5.41, 5.74) is 0.677. The Hall–Kier alpha value is -2.62. The Morgan fingerprint density at radius 3 is 2.80 bits per heavy atom. The van der Waals surface area contributed by atoms with E-state index in [2.05, 4.69) is 11.4 Å². The summed E-state index contributed by atoms with van der Waals surface area (Å²) in [6, 6.07) is 1.89. The Morgan fingerprint density at radius 1 is 1.24 bits per heavy atom. The van der Waals surface area contributed by atoms with Crippen LogP contribution in [0.5, 0.6) is 0 Å². The van der Waals surface area contributed by atoms with Gasteiger partial charge >= 0.3 is 5.69 Å². The number of rotatable bonds is 5. The van der Waals surface area contributed by atoms with Gasteiger partial charge in [-0.15, -0.1) is 0 Å². The molecule has 0 spiro atoms. The fourth-order valence-corrected chi connectivity index (χ4v) is 3.58. The predicted molar refractivity (Wildman–Crippen MR) is 92.2 cm³/mol. The Bertz CT molecular complexity index is 870. The highest BCUT2D eigenvalue weighted by Gasteiger charge is 2.23. The van der Waals surface area contributed by atoms with Gasteiger partial charge in [-0.05, 0) is 44.9 Å². The van der Waals surface area contributed by atoms with Crippen molar-refractivity contribution < 1.29 is 4.79 Å². The molecule has 0 bridgehead atoms. The Labute approximate surface area is 145 Å². The first-order valence-corrected chi connectivity index (χ1v) is 8.83. The first-order chi connectivity index (χ1) is 12.1. The molecule has 1 aliphatic heterocycles. The number of hydrogen-bond donors (Lipinski definition) is 1. The third-order valence-corrected chi connectivity index (χ3v) is 4.90. The van der Waals surface area contributed by atoms with Crippen LogP contribution in [0.4, 0.5) is 0 Å². The van der Waals surface area contributed by atoms with Gasteiger partial charge in [0.05, 0.1) is 0 Å². The number of aromatic nitrogens is 2. The van der Waals surface area contributed by atoms with Crippen molar-refractivity contribution in [2.45, 2.75) is 58.0 Å². The first-order valence-electron chi connectivity index (χ1n) is 8.83. The standard InChI is InChI=1S/C18H22N4O3/c19-11-14-15-7-4-10-21(15)18(25)22(17(14)24)12-16(23)20-9-8-13-5-2-1-3-6-13/h5H,1-4,6-10,12H2,(H,20,23). The minimum absolute atomic E-state index is 0.0164. The lowest BCUT2D eigenvalue weighted by Gasteiger charge is -2.14. The van der Waals surface area contributed by atoms with Crippen LogP contribution in [0.25, 0.3) is 0 Å². The van der Waals surface area contributed by atoms with Gasteiger partial charge in [-0.25, -0.2) is 9.36 Å². The molecule has 7 nitrogen and oxygen atoms in total. The number of fused-ring (bicyclic) bond motifs is 1. The number of amides is 1. The summed E-state index contributed by atoms with van der Waals surface area (Å²) in [5, 5.41) is 12.0. The molecule has 132 valence electrons. The normalized spacial score (nSPS) is 16.0. The molecule has 2 heterocycles. The summed E-state index contributed by atoms with van der Waals surface area (Å²) in [6.45, 7) is 0.640. The smallest absolute Gasteiger partial charge is 0.331 e. The number of nitriles is 1. The van der Waals surface area contributed by atoms with Crippen LogP contribution in [-0.4, -0.2) is 21.6 Å². The topological polar surface area (TPSA) is 96.9 Å². The minimum atomic E-state index is -0.661. The van der Waals surface area contributed by atoms with E-state index in [1.807, 2.05) is 6.07 Å². The van der Waals surface area contributed by atoms with Crippen molar-refractivity contribution >= 4 is 5.91 Å². The van der Waals surface area contributed by atoms with Crippen LogP contribution < -0.4 is 16.6 Å². The van der Waals surface area contributed by atoms with E-state index in [1.165, 1.54) is 23.0 Å². The molecule has 2 aliphatic rings. The van der Waals surface area contributed by atoms with E-state index in [1.54, 1.807) is 0 Å². The van der Waals surface area contributed by atoms with Crippen LogP contribution in [0.2, 0.25) is 0 Å². The molecule has 3 rings (SSSR count). The van der Waals surface area contributed by atoms with Gasteiger partial charge < -0.3 is 5.32 Å². The van der Waals surface area contributed by atoms with E-state index in [9.17, 15) is 19.6 Å². The predicted octanol–water partition coefficient (Wildman–Crippen LogP) is 0.835. The van der Waals surface area contributed by atoms with Gasteiger partial charge in [-0.3, -0.25) is 14.2 Å². The van der Waals surface area contributed by atoms with E-state index >= 15 is 0 Å². The van der Waals surface area contributed by atoms with Crippen molar-refractivity contribution in [2.75, 3.05) is 6.54 Å². The molecule has 0 saturated carbocycles. The molecular weight excluding hydrogens is 320 g/mol. The second-order valence-electron chi connectivity index (χ2n) is 6.57. The van der Waals surface area contributed by atoms with Crippen molar-refractivity contribution in [3.05, 3.63) is 43.7 Å². The summed E-state index contributed by atoms with van der Waals surface area (Å²) in [4.78, 5) is 36.9. The van der Waals surface area contributed by atoms with Crippen molar-refractivity contribution in [2.24, 2.45) is 0 Å². The SMILES string of the molecule is N#Cc1c2n(c(=O)n(CC(=O)NCCC3=CCCCC3)c1=O)CCC2. The van der Waals surface area contributed by atoms with Crippen molar-refractivity contribution in [3.8, 4) is 6.07 Å². The average Bonchev–Trinajstić information content (AvgIpc) is 3.10. The largest absolute Gasteiger partial charge is 0.354 e. The number of allylic oxidation sites excluding steroid dienone is 1. The van der Waals surface area contributed by atoms with E-state index in [0.717, 1.165) is 30.3 Å². The van der Waals surface area contributed by atoms with Gasteiger partial charge in [0.25, 0.3) is 5.56 Å². The van der Waals surface area contributed by atoms with E-state index in [-0.39, 0.29) is 18.0 Å². The zero-order chi connectivity index (χ0) is 17.8. The minimum Gasteiger partial charge on any atom is -0.354 e. The Balaban J connectivity index is 1.69. The van der Waals surface area contributed by atoms with E-state index in [0.29, 0.717) is 25.2 Å². The zero-order valence-corrected chi connectivity index (χ0v) is 14.2. The Morgan fingerprint density at radius 2 is 2.08 bits per heavy atom. The summed E-state index contributed by atoms with van der Waals surface area (Å²) in [5.74, 6) is -0.377. The van der Waals surface area contributed by atoms with Crippen molar-refractivity contribution in [1.29, 1.82) is 5.26 Å². The lowest BCUT2D eigenvalue weighted by Crippen LogP contribution is -2.45. The van der Waals surface area contributed by atoms with Crippen LogP contribution in [0.1, 0.15) is 49.8 Å². The molecule has 7 heteroatoms. The maximum absolute atomic E-state index is 12.4. The van der Waals surface area contributed by atoms with Crippen LogP contribution in [0, 0.1) is 11.3 Å². The second-order valence-corrected chi connectivity index (χ2v) is 6.57. The molecule has 1 aromatic rings. The van der Waals surface area contributed by atoms with Gasteiger partial charge in [0.1, 0.15) is 18.2 Å². The summed E-state index contributed by atoms with van der Waals surface area (Å²) >= 11 is 0. The van der Waals surface area contributed by atoms with Crippen LogP contribution in [0.3, 0.4) is 0 Å². The number of hydrogen-bond acceptors (Lipinski definition) is 4. The maximum atomic E-state index is 12.4. The molecule has 1 N–H and O–H groups in total. The molecule has 0 aromatic carbocycles. The maximum Gasteiger partial charge on any atom is 0.331 e. The quantitative estimate of drug-likeness (QED) is 0.802. The molecule has 1 aromatic heterocycles. The van der Waals surface area contributed by atoms with Gasteiger partial charge in [-0.1, -0.05) is 11.6 Å². The molecule has 1 aliphatic carbocycles. The second kappa shape index (κ2) is 7.51. The van der Waals surface area contributed by atoms with Crippen molar-refractivity contribution in [1.82, 2.24) is 14.5 Å². The van der Waals surface area contributed by atoms with Crippen molar-refractivity contribution in [3.63, 3.8) is 0 Å². The average molecular weight is 342 g/mol.